The van der Waals surface area contributed by atoms with Crippen molar-refractivity contribution < 1.29 is 4.74 Å². The van der Waals surface area contributed by atoms with Gasteiger partial charge in [0, 0.05) is 31.4 Å². The van der Waals surface area contributed by atoms with Crippen molar-refractivity contribution in [2.75, 3.05) is 26.2 Å². The first-order valence-electron chi connectivity index (χ1n) is 6.36. The Balaban J connectivity index is 2.00. The second kappa shape index (κ2) is 5.62. The largest absolute Gasteiger partial charge is 0.374 e. The average Bonchev–Trinajstić information content (AvgIpc) is 2.86. The van der Waals surface area contributed by atoms with Crippen LogP contribution in [0.15, 0.2) is 12.4 Å². The molecule has 2 atom stereocenters. The van der Waals surface area contributed by atoms with Crippen molar-refractivity contribution >= 4 is 0 Å². The summed E-state index contributed by atoms with van der Waals surface area (Å²) < 4.78 is 7.66. The van der Waals surface area contributed by atoms with Crippen molar-refractivity contribution in [1.82, 2.24) is 14.7 Å². The van der Waals surface area contributed by atoms with Gasteiger partial charge in [-0.05, 0) is 13.5 Å². The van der Waals surface area contributed by atoms with Gasteiger partial charge in [-0.1, -0.05) is 6.92 Å². The highest BCUT2D eigenvalue weighted by atomic mass is 16.5. The van der Waals surface area contributed by atoms with Crippen LogP contribution in [0.4, 0.5) is 0 Å². The predicted molar refractivity (Wildman–Crippen MR) is 66.7 cm³/mol. The third-order valence-electron chi connectivity index (χ3n) is 3.39. The number of nitrogens with zero attached hydrogens (tertiary/aromatic N) is 3. The lowest BCUT2D eigenvalue weighted by Gasteiger charge is -2.34. The Hall–Kier alpha value is -0.910. The van der Waals surface area contributed by atoms with Crippen LogP contribution in [0.2, 0.25) is 0 Å². The lowest BCUT2D eigenvalue weighted by atomic mass is 10.0. The molecular formula is C12H22N4O. The molecule has 2 N–H and O–H groups in total. The zero-order valence-corrected chi connectivity index (χ0v) is 10.7. The highest BCUT2D eigenvalue weighted by Gasteiger charge is 2.26. The van der Waals surface area contributed by atoms with Gasteiger partial charge in [-0.15, -0.1) is 0 Å². The predicted octanol–water partition coefficient (Wildman–Crippen LogP) is 0.624. The smallest absolute Gasteiger partial charge is 0.0895 e. The van der Waals surface area contributed by atoms with Gasteiger partial charge in [-0.3, -0.25) is 9.58 Å². The fourth-order valence-electron chi connectivity index (χ4n) is 2.18. The SMILES string of the molecule is CCN1CCOC(C(N)c2cnn(CC)c2)C1. The van der Waals surface area contributed by atoms with Crippen LogP contribution in [0.3, 0.4) is 0 Å². The summed E-state index contributed by atoms with van der Waals surface area (Å²) in [5.41, 5.74) is 7.31. The minimum Gasteiger partial charge on any atom is -0.374 e. The molecule has 1 aliphatic heterocycles. The summed E-state index contributed by atoms with van der Waals surface area (Å²) in [6.45, 7) is 8.86. The zero-order chi connectivity index (χ0) is 12.3. The molecule has 1 fully saturated rings. The van der Waals surface area contributed by atoms with Crippen LogP contribution in [0.1, 0.15) is 25.5 Å². The van der Waals surface area contributed by atoms with Crippen LogP contribution in [0.5, 0.6) is 0 Å². The molecule has 5 nitrogen and oxygen atoms in total. The monoisotopic (exact) mass is 238 g/mol. The molecular weight excluding hydrogens is 216 g/mol. The van der Waals surface area contributed by atoms with Crippen molar-refractivity contribution in [3.05, 3.63) is 18.0 Å². The van der Waals surface area contributed by atoms with E-state index in [9.17, 15) is 0 Å². The number of likely N-dealkylation sites (N-methyl/N-ethyl adjacent to an activating group) is 1. The number of nitrogens with two attached hydrogens (primary N) is 1. The molecule has 0 bridgehead atoms. The summed E-state index contributed by atoms with van der Waals surface area (Å²) in [6, 6.07) is -0.0790. The molecule has 0 amide bonds. The van der Waals surface area contributed by atoms with Crippen molar-refractivity contribution in [2.45, 2.75) is 32.5 Å². The maximum Gasteiger partial charge on any atom is 0.0895 e. The van der Waals surface area contributed by atoms with Crippen LogP contribution >= 0.6 is 0 Å². The third kappa shape index (κ3) is 2.86. The standard InChI is InChI=1S/C12H22N4O/c1-3-15-5-6-17-11(9-15)12(13)10-7-14-16(4-2)8-10/h7-8,11-12H,3-6,9,13H2,1-2H3. The van der Waals surface area contributed by atoms with Gasteiger partial charge in [0.2, 0.25) is 0 Å². The van der Waals surface area contributed by atoms with E-state index in [1.165, 1.54) is 0 Å². The topological polar surface area (TPSA) is 56.3 Å². The van der Waals surface area contributed by atoms with E-state index in [0.29, 0.717) is 0 Å². The highest BCUT2D eigenvalue weighted by molar-refractivity contribution is 5.12. The summed E-state index contributed by atoms with van der Waals surface area (Å²) in [5.74, 6) is 0. The fraction of sp³-hybridized carbons (Fsp3) is 0.750. The lowest BCUT2D eigenvalue weighted by molar-refractivity contribution is -0.0392. The van der Waals surface area contributed by atoms with E-state index in [1.807, 2.05) is 17.1 Å². The molecule has 2 heterocycles. The number of morpholine rings is 1. The molecule has 1 aliphatic rings. The van der Waals surface area contributed by atoms with Gasteiger partial charge in [0.05, 0.1) is 24.9 Å². The van der Waals surface area contributed by atoms with Crippen LogP contribution in [-0.4, -0.2) is 47.0 Å². The summed E-state index contributed by atoms with van der Waals surface area (Å²) >= 11 is 0. The van der Waals surface area contributed by atoms with Gasteiger partial charge in [0.25, 0.3) is 0 Å². The summed E-state index contributed by atoms with van der Waals surface area (Å²) in [5, 5.41) is 4.26. The fourth-order valence-corrected chi connectivity index (χ4v) is 2.18. The van der Waals surface area contributed by atoms with Crippen molar-refractivity contribution in [3.63, 3.8) is 0 Å². The number of hydrogen-bond acceptors (Lipinski definition) is 4. The second-order valence-corrected chi connectivity index (χ2v) is 4.46. The van der Waals surface area contributed by atoms with Gasteiger partial charge < -0.3 is 10.5 Å². The molecule has 1 aromatic heterocycles. The van der Waals surface area contributed by atoms with Gasteiger partial charge in [-0.25, -0.2) is 0 Å². The Morgan fingerprint density at radius 1 is 1.53 bits per heavy atom. The molecule has 17 heavy (non-hydrogen) atoms. The maximum absolute atomic E-state index is 6.25. The summed E-state index contributed by atoms with van der Waals surface area (Å²) in [4.78, 5) is 2.37. The van der Waals surface area contributed by atoms with Gasteiger partial charge in [-0.2, -0.15) is 5.10 Å². The Labute approximate surface area is 103 Å². The molecule has 2 rings (SSSR count). The minimum absolute atomic E-state index is 0.0790. The van der Waals surface area contributed by atoms with Crippen LogP contribution in [0, 0.1) is 0 Å². The van der Waals surface area contributed by atoms with E-state index >= 15 is 0 Å². The van der Waals surface area contributed by atoms with Crippen LogP contribution in [-0.2, 0) is 11.3 Å². The first-order chi connectivity index (χ1) is 8.24. The Kier molecular flexibility index (Phi) is 4.15. The number of aryl methyl sites for hydroxylation is 1. The molecule has 5 heteroatoms. The van der Waals surface area contributed by atoms with Gasteiger partial charge >= 0.3 is 0 Å². The molecule has 0 saturated carbocycles. The molecule has 0 radical (unpaired) electrons. The highest BCUT2D eigenvalue weighted by Crippen LogP contribution is 2.19. The Morgan fingerprint density at radius 2 is 2.35 bits per heavy atom. The van der Waals surface area contributed by atoms with E-state index in [2.05, 4.69) is 23.8 Å². The first kappa shape index (κ1) is 12.5. The van der Waals surface area contributed by atoms with Crippen LogP contribution in [0.25, 0.3) is 0 Å². The molecule has 0 aromatic carbocycles. The summed E-state index contributed by atoms with van der Waals surface area (Å²) in [6.07, 6.45) is 3.94. The van der Waals surface area contributed by atoms with Gasteiger partial charge in [0.15, 0.2) is 0 Å². The quantitative estimate of drug-likeness (QED) is 0.835. The van der Waals surface area contributed by atoms with Crippen molar-refractivity contribution in [2.24, 2.45) is 5.73 Å². The molecule has 2 unspecified atom stereocenters. The number of aromatic nitrogens is 2. The van der Waals surface area contributed by atoms with E-state index in [1.54, 1.807) is 0 Å². The molecule has 0 spiro atoms. The lowest BCUT2D eigenvalue weighted by Crippen LogP contribution is -2.46. The normalized spacial score (nSPS) is 23.8. The molecule has 0 aliphatic carbocycles. The Bertz CT molecular complexity index is 352. The average molecular weight is 238 g/mol. The Morgan fingerprint density at radius 3 is 3.00 bits per heavy atom. The molecule has 1 saturated heterocycles. The van der Waals surface area contributed by atoms with E-state index < -0.39 is 0 Å². The molecule has 1 aromatic rings. The van der Waals surface area contributed by atoms with E-state index in [4.69, 9.17) is 10.5 Å². The zero-order valence-electron chi connectivity index (χ0n) is 10.7. The second-order valence-electron chi connectivity index (χ2n) is 4.46. The van der Waals surface area contributed by atoms with Crippen molar-refractivity contribution in [3.8, 4) is 0 Å². The van der Waals surface area contributed by atoms with Gasteiger partial charge in [0.1, 0.15) is 0 Å². The number of rotatable bonds is 4. The van der Waals surface area contributed by atoms with Crippen LogP contribution < -0.4 is 5.73 Å². The number of hydrogen-bond donors (Lipinski definition) is 1. The van der Waals surface area contributed by atoms with Crippen molar-refractivity contribution in [1.29, 1.82) is 0 Å². The van der Waals surface area contributed by atoms with E-state index in [0.717, 1.165) is 38.3 Å². The summed E-state index contributed by atoms with van der Waals surface area (Å²) in [7, 11) is 0. The molecule has 96 valence electrons. The first-order valence-corrected chi connectivity index (χ1v) is 6.36. The van der Waals surface area contributed by atoms with E-state index in [-0.39, 0.29) is 12.1 Å². The number of ether oxygens (including phenoxy) is 1. The maximum atomic E-state index is 6.25. The minimum atomic E-state index is -0.0790. The third-order valence-corrected chi connectivity index (χ3v) is 3.39.